The number of halogens is 1. The van der Waals surface area contributed by atoms with Crippen LogP contribution in [0.1, 0.15) is 25.7 Å². The van der Waals surface area contributed by atoms with Crippen LogP contribution in [0.2, 0.25) is 0 Å². The van der Waals surface area contributed by atoms with E-state index >= 15 is 0 Å². The van der Waals surface area contributed by atoms with Crippen LogP contribution in [-0.2, 0) is 11.3 Å². The van der Waals surface area contributed by atoms with Crippen molar-refractivity contribution in [3.8, 4) is 0 Å². The minimum absolute atomic E-state index is 0.327. The van der Waals surface area contributed by atoms with Gasteiger partial charge in [0.1, 0.15) is 12.2 Å². The van der Waals surface area contributed by atoms with Gasteiger partial charge in [0.15, 0.2) is 0 Å². The normalized spacial score (nSPS) is 11.6. The fraction of sp³-hybridized carbons (Fsp3) is 0.818. The summed E-state index contributed by atoms with van der Waals surface area (Å²) in [6, 6.07) is 0.327. The Morgan fingerprint density at radius 2 is 2.24 bits per heavy atom. The van der Waals surface area contributed by atoms with E-state index in [-0.39, 0.29) is 0 Å². The second kappa shape index (κ2) is 7.63. The predicted molar refractivity (Wildman–Crippen MR) is 68.3 cm³/mol. The summed E-state index contributed by atoms with van der Waals surface area (Å²) in [5.74, 6) is 1.58. The van der Waals surface area contributed by atoms with Gasteiger partial charge in [-0.05, 0) is 13.8 Å². The van der Waals surface area contributed by atoms with Gasteiger partial charge in [0.05, 0.1) is 13.2 Å². The van der Waals surface area contributed by atoms with Crippen molar-refractivity contribution in [2.75, 3.05) is 32.7 Å². The maximum Gasteiger partial charge on any atom is 0.141 e. The topological polar surface area (TPSA) is 43.2 Å². The lowest BCUT2D eigenvalue weighted by atomic mass is 10.4. The number of rotatable bonds is 8. The zero-order chi connectivity index (χ0) is 12.7. The molecule has 0 N–H and O–H groups in total. The van der Waals surface area contributed by atoms with Crippen LogP contribution in [0.5, 0.6) is 0 Å². The first-order valence-corrected chi connectivity index (χ1v) is 6.38. The van der Waals surface area contributed by atoms with Gasteiger partial charge in [-0.1, -0.05) is 0 Å². The molecule has 17 heavy (non-hydrogen) atoms. The number of nitrogens with zero attached hydrogens (tertiary/aromatic N) is 4. The Bertz CT molecular complexity index is 316. The maximum atomic E-state index is 5.79. The molecule has 1 aromatic rings. The minimum atomic E-state index is 0.327. The van der Waals surface area contributed by atoms with Crippen molar-refractivity contribution in [1.29, 1.82) is 0 Å². The fourth-order valence-corrected chi connectivity index (χ4v) is 1.87. The molecular formula is C11H21ClN4O. The van der Waals surface area contributed by atoms with Crippen molar-refractivity contribution in [3.63, 3.8) is 0 Å². The van der Waals surface area contributed by atoms with Crippen LogP contribution >= 0.6 is 11.6 Å². The Kier molecular flexibility index (Phi) is 6.47. The lowest BCUT2D eigenvalue weighted by Crippen LogP contribution is -2.30. The van der Waals surface area contributed by atoms with Crippen molar-refractivity contribution in [1.82, 2.24) is 19.7 Å². The second-order valence-corrected chi connectivity index (χ2v) is 4.55. The third-order valence-corrected chi connectivity index (χ3v) is 2.68. The van der Waals surface area contributed by atoms with Crippen LogP contribution in [0.15, 0.2) is 6.33 Å². The third-order valence-electron chi connectivity index (χ3n) is 2.51. The molecule has 0 bridgehead atoms. The molecule has 6 heteroatoms. The molecule has 98 valence electrons. The Hall–Kier alpha value is -0.650. The molecule has 0 aliphatic carbocycles. The van der Waals surface area contributed by atoms with Gasteiger partial charge in [-0.3, -0.25) is 4.90 Å². The van der Waals surface area contributed by atoms with E-state index in [1.54, 1.807) is 13.4 Å². The van der Waals surface area contributed by atoms with E-state index in [2.05, 4.69) is 28.8 Å². The summed E-state index contributed by atoms with van der Waals surface area (Å²) in [6.07, 6.45) is 1.60. The summed E-state index contributed by atoms with van der Waals surface area (Å²) in [4.78, 5) is 6.52. The summed E-state index contributed by atoms with van der Waals surface area (Å²) in [5, 5.41) is 4.22. The monoisotopic (exact) mass is 260 g/mol. The Labute approximate surface area is 108 Å². The highest BCUT2D eigenvalue weighted by Crippen LogP contribution is 2.08. The van der Waals surface area contributed by atoms with E-state index in [1.165, 1.54) is 0 Å². The van der Waals surface area contributed by atoms with E-state index in [4.69, 9.17) is 16.3 Å². The quantitative estimate of drug-likeness (QED) is 0.665. The molecule has 0 amide bonds. The first-order chi connectivity index (χ1) is 8.19. The Morgan fingerprint density at radius 3 is 2.82 bits per heavy atom. The average Bonchev–Trinajstić information content (AvgIpc) is 2.74. The molecule has 0 saturated carbocycles. The van der Waals surface area contributed by atoms with Crippen molar-refractivity contribution in [2.24, 2.45) is 0 Å². The zero-order valence-corrected chi connectivity index (χ0v) is 11.5. The van der Waals surface area contributed by atoms with Gasteiger partial charge < -0.3 is 4.74 Å². The molecule has 1 aromatic heterocycles. The largest absolute Gasteiger partial charge is 0.383 e. The molecule has 0 aromatic carbocycles. The molecule has 1 heterocycles. The molecule has 0 unspecified atom stereocenters. The van der Waals surface area contributed by atoms with E-state index in [1.807, 2.05) is 4.68 Å². The van der Waals surface area contributed by atoms with Crippen LogP contribution in [0.4, 0.5) is 0 Å². The number of methoxy groups -OCH3 is 1. The highest BCUT2D eigenvalue weighted by molar-refractivity contribution is 6.18. The average molecular weight is 261 g/mol. The lowest BCUT2D eigenvalue weighted by Gasteiger charge is -2.21. The first-order valence-electron chi connectivity index (χ1n) is 5.84. The van der Waals surface area contributed by atoms with Crippen molar-refractivity contribution < 1.29 is 4.74 Å². The molecule has 0 aliphatic rings. The Balaban J connectivity index is 2.61. The fourth-order valence-electron chi connectivity index (χ4n) is 1.63. The predicted octanol–water partition coefficient (Wildman–Crippen LogP) is 1.55. The van der Waals surface area contributed by atoms with Gasteiger partial charge in [-0.25, -0.2) is 9.67 Å². The second-order valence-electron chi connectivity index (χ2n) is 4.17. The van der Waals surface area contributed by atoms with Crippen molar-refractivity contribution in [3.05, 3.63) is 12.2 Å². The SMILES string of the molecule is COCCN(CCCl)Cc1ncnn1C(C)C. The van der Waals surface area contributed by atoms with Gasteiger partial charge in [-0.15, -0.1) is 11.6 Å². The molecule has 0 aliphatic heterocycles. The smallest absolute Gasteiger partial charge is 0.141 e. The van der Waals surface area contributed by atoms with Gasteiger partial charge in [-0.2, -0.15) is 5.10 Å². The van der Waals surface area contributed by atoms with E-state index in [0.717, 1.165) is 25.5 Å². The van der Waals surface area contributed by atoms with Gasteiger partial charge in [0.2, 0.25) is 0 Å². The first kappa shape index (κ1) is 14.4. The lowest BCUT2D eigenvalue weighted by molar-refractivity contribution is 0.145. The van der Waals surface area contributed by atoms with E-state index in [9.17, 15) is 0 Å². The molecule has 0 radical (unpaired) electrons. The number of hydrogen-bond acceptors (Lipinski definition) is 4. The number of hydrogen-bond donors (Lipinski definition) is 0. The summed E-state index contributed by atoms with van der Waals surface area (Å²) in [7, 11) is 1.70. The van der Waals surface area contributed by atoms with Gasteiger partial charge in [0, 0.05) is 32.1 Å². The summed E-state index contributed by atoms with van der Waals surface area (Å²) in [6.45, 7) is 7.34. The molecule has 0 spiro atoms. The molecule has 1 rings (SSSR count). The van der Waals surface area contributed by atoms with E-state index in [0.29, 0.717) is 18.5 Å². The summed E-state index contributed by atoms with van der Waals surface area (Å²) >= 11 is 5.79. The highest BCUT2D eigenvalue weighted by atomic mass is 35.5. The van der Waals surface area contributed by atoms with Crippen LogP contribution in [0.25, 0.3) is 0 Å². The van der Waals surface area contributed by atoms with Crippen molar-refractivity contribution >= 4 is 11.6 Å². The molecule has 0 saturated heterocycles. The van der Waals surface area contributed by atoms with Crippen LogP contribution < -0.4 is 0 Å². The van der Waals surface area contributed by atoms with Crippen LogP contribution in [0, 0.1) is 0 Å². The molecule has 0 atom stereocenters. The summed E-state index contributed by atoms with van der Waals surface area (Å²) < 4.78 is 7.03. The molecular weight excluding hydrogens is 240 g/mol. The Morgan fingerprint density at radius 1 is 1.47 bits per heavy atom. The number of ether oxygens (including phenoxy) is 1. The van der Waals surface area contributed by atoms with Gasteiger partial charge in [0.25, 0.3) is 0 Å². The molecule has 5 nitrogen and oxygen atoms in total. The highest BCUT2D eigenvalue weighted by Gasteiger charge is 2.12. The number of alkyl halides is 1. The maximum absolute atomic E-state index is 5.79. The number of aromatic nitrogens is 3. The minimum Gasteiger partial charge on any atom is -0.383 e. The third kappa shape index (κ3) is 4.61. The van der Waals surface area contributed by atoms with Gasteiger partial charge >= 0.3 is 0 Å². The van der Waals surface area contributed by atoms with Crippen LogP contribution in [0.3, 0.4) is 0 Å². The zero-order valence-electron chi connectivity index (χ0n) is 10.8. The van der Waals surface area contributed by atoms with Crippen molar-refractivity contribution in [2.45, 2.75) is 26.4 Å². The standard InChI is InChI=1S/C11H21ClN4O/c1-10(2)16-11(13-9-14-16)8-15(5-4-12)6-7-17-3/h9-10H,4-8H2,1-3H3. The van der Waals surface area contributed by atoms with E-state index < -0.39 is 0 Å². The van der Waals surface area contributed by atoms with Crippen LogP contribution in [-0.4, -0.2) is 52.4 Å². The summed E-state index contributed by atoms with van der Waals surface area (Å²) in [5.41, 5.74) is 0. The molecule has 0 fully saturated rings.